The number of alkyl halides is 3. The average Bonchev–Trinajstić information content (AvgIpc) is 3.44. The van der Waals surface area contributed by atoms with E-state index in [4.69, 9.17) is 11.6 Å². The van der Waals surface area contributed by atoms with Crippen molar-refractivity contribution in [3.05, 3.63) is 75.4 Å². The van der Waals surface area contributed by atoms with Crippen LogP contribution in [0, 0.1) is 0 Å². The van der Waals surface area contributed by atoms with Crippen LogP contribution in [0.2, 0.25) is 5.02 Å². The highest BCUT2D eigenvalue weighted by Crippen LogP contribution is 2.51. The van der Waals surface area contributed by atoms with Crippen LogP contribution >= 0.6 is 11.6 Å². The van der Waals surface area contributed by atoms with Gasteiger partial charge in [-0.3, -0.25) is 4.79 Å². The Bertz CT molecular complexity index is 1320. The molecule has 0 amide bonds. The van der Waals surface area contributed by atoms with Crippen molar-refractivity contribution in [1.82, 2.24) is 9.78 Å². The Hall–Kier alpha value is -3.13. The Morgan fingerprint density at radius 2 is 1.66 bits per heavy atom. The lowest BCUT2D eigenvalue weighted by molar-refractivity contribution is -0.137. The lowest BCUT2D eigenvalue weighted by Crippen LogP contribution is -2.33. The van der Waals surface area contributed by atoms with E-state index >= 15 is 0 Å². The minimum absolute atomic E-state index is 0.108. The van der Waals surface area contributed by atoms with Gasteiger partial charge in [0.25, 0.3) is 5.91 Å². The molecule has 0 aliphatic heterocycles. The summed E-state index contributed by atoms with van der Waals surface area (Å²) >= 11 is 6.17. The summed E-state index contributed by atoms with van der Waals surface area (Å²) in [7, 11) is 0. The second-order valence-electron chi connectivity index (χ2n) is 9.28. The van der Waals surface area contributed by atoms with Gasteiger partial charge in [-0.1, -0.05) is 42.6 Å². The SMILES string of the molecule is O=C(O)c1ccc(-c2nn(C(=O)c3c(Cl)cccc3C(F)(F)F)c3c2CCCC32CCCC2)cc1. The molecule has 1 saturated carbocycles. The maximum atomic E-state index is 13.8. The Morgan fingerprint density at radius 3 is 2.29 bits per heavy atom. The number of carbonyl (C=O) groups excluding carboxylic acids is 1. The first-order valence-corrected chi connectivity index (χ1v) is 11.9. The number of fused-ring (bicyclic) bond motifs is 2. The first-order valence-electron chi connectivity index (χ1n) is 11.5. The van der Waals surface area contributed by atoms with Gasteiger partial charge in [-0.2, -0.15) is 23.0 Å². The third-order valence-corrected chi connectivity index (χ3v) is 7.57. The summed E-state index contributed by atoms with van der Waals surface area (Å²) in [4.78, 5) is 25.1. The number of rotatable bonds is 3. The normalized spacial score (nSPS) is 16.9. The molecule has 9 heteroatoms. The van der Waals surface area contributed by atoms with Gasteiger partial charge >= 0.3 is 12.1 Å². The van der Waals surface area contributed by atoms with E-state index in [1.807, 2.05) is 0 Å². The highest BCUT2D eigenvalue weighted by atomic mass is 35.5. The van der Waals surface area contributed by atoms with Crippen LogP contribution in [0.15, 0.2) is 42.5 Å². The molecular formula is C26H22ClF3N2O3. The molecule has 2 aliphatic rings. The minimum atomic E-state index is -4.76. The molecule has 1 N–H and O–H groups in total. The van der Waals surface area contributed by atoms with Crippen LogP contribution in [0.3, 0.4) is 0 Å². The Kier molecular flexibility index (Phi) is 5.74. The van der Waals surface area contributed by atoms with Gasteiger partial charge in [-0.05, 0) is 56.4 Å². The molecule has 3 aromatic rings. The first kappa shape index (κ1) is 23.6. The molecule has 35 heavy (non-hydrogen) atoms. The standard InChI is InChI=1S/C26H22ClF3N2O3/c27-19-7-3-6-18(26(28,29)30)20(19)23(33)32-22-17(5-4-14-25(22)12-1-2-13-25)21(31-32)15-8-10-16(11-9-15)24(34)35/h3,6-11H,1-2,4-5,12-14H2,(H,34,35). The summed E-state index contributed by atoms with van der Waals surface area (Å²) in [6.45, 7) is 0. The van der Waals surface area contributed by atoms with Gasteiger partial charge in [0.2, 0.25) is 0 Å². The number of carboxylic acid groups (broad SMARTS) is 1. The van der Waals surface area contributed by atoms with E-state index < -0.39 is 29.2 Å². The summed E-state index contributed by atoms with van der Waals surface area (Å²) in [5, 5.41) is 13.5. The van der Waals surface area contributed by atoms with Crippen LogP contribution in [-0.4, -0.2) is 26.8 Å². The van der Waals surface area contributed by atoms with E-state index in [0.29, 0.717) is 23.4 Å². The van der Waals surface area contributed by atoms with Gasteiger partial charge in [0.1, 0.15) is 0 Å². The molecule has 5 nitrogen and oxygen atoms in total. The molecule has 1 fully saturated rings. The van der Waals surface area contributed by atoms with Crippen LogP contribution in [0.4, 0.5) is 13.2 Å². The van der Waals surface area contributed by atoms with E-state index in [9.17, 15) is 27.9 Å². The van der Waals surface area contributed by atoms with Gasteiger partial charge in [-0.25, -0.2) is 4.79 Å². The summed E-state index contributed by atoms with van der Waals surface area (Å²) in [5.41, 5.74) is 0.708. The molecule has 0 unspecified atom stereocenters. The van der Waals surface area contributed by atoms with Gasteiger partial charge in [-0.15, -0.1) is 0 Å². The van der Waals surface area contributed by atoms with Crippen molar-refractivity contribution in [3.8, 4) is 11.3 Å². The summed E-state index contributed by atoms with van der Waals surface area (Å²) in [5.74, 6) is -1.97. The highest BCUT2D eigenvalue weighted by molar-refractivity contribution is 6.34. The zero-order valence-electron chi connectivity index (χ0n) is 18.7. The maximum absolute atomic E-state index is 13.8. The summed E-state index contributed by atoms with van der Waals surface area (Å²) in [6, 6.07) is 9.45. The molecule has 1 heterocycles. The summed E-state index contributed by atoms with van der Waals surface area (Å²) < 4.78 is 42.6. The predicted octanol–water partition coefficient (Wildman–Crippen LogP) is 6.76. The third kappa shape index (κ3) is 3.93. The molecule has 5 rings (SSSR count). The molecule has 0 bridgehead atoms. The minimum Gasteiger partial charge on any atom is -0.478 e. The maximum Gasteiger partial charge on any atom is 0.417 e. The number of halogens is 4. The largest absolute Gasteiger partial charge is 0.478 e. The molecule has 0 radical (unpaired) electrons. The van der Waals surface area contributed by atoms with Gasteiger partial charge in [0, 0.05) is 16.5 Å². The fourth-order valence-corrected chi connectivity index (χ4v) is 5.98. The van der Waals surface area contributed by atoms with Crippen LogP contribution < -0.4 is 0 Å². The van der Waals surface area contributed by atoms with E-state index in [2.05, 4.69) is 5.10 Å². The van der Waals surface area contributed by atoms with Crippen molar-refractivity contribution in [3.63, 3.8) is 0 Å². The molecule has 0 saturated heterocycles. The van der Waals surface area contributed by atoms with Crippen LogP contribution in [-0.2, 0) is 18.0 Å². The fourth-order valence-electron chi connectivity index (χ4n) is 5.73. The van der Waals surface area contributed by atoms with Crippen molar-refractivity contribution in [2.24, 2.45) is 0 Å². The zero-order chi connectivity index (χ0) is 25.0. The topological polar surface area (TPSA) is 72.2 Å². The number of aromatic carboxylic acids is 1. The van der Waals surface area contributed by atoms with Crippen molar-refractivity contribution >= 4 is 23.5 Å². The Morgan fingerprint density at radius 1 is 1.00 bits per heavy atom. The summed E-state index contributed by atoms with van der Waals surface area (Å²) in [6.07, 6.45) is 1.22. The lowest BCUT2D eigenvalue weighted by atomic mass is 9.71. The van der Waals surface area contributed by atoms with Crippen LogP contribution in [0.25, 0.3) is 11.3 Å². The molecule has 2 aromatic carbocycles. The zero-order valence-corrected chi connectivity index (χ0v) is 19.4. The highest BCUT2D eigenvalue weighted by Gasteiger charge is 2.45. The molecule has 1 aromatic heterocycles. The molecular weight excluding hydrogens is 481 g/mol. The van der Waals surface area contributed by atoms with Crippen molar-refractivity contribution in [1.29, 1.82) is 0 Å². The van der Waals surface area contributed by atoms with E-state index in [0.717, 1.165) is 54.8 Å². The number of hydrogen-bond acceptors (Lipinski definition) is 3. The van der Waals surface area contributed by atoms with Gasteiger partial charge in [0.15, 0.2) is 0 Å². The van der Waals surface area contributed by atoms with Crippen molar-refractivity contribution in [2.45, 2.75) is 56.5 Å². The molecule has 0 atom stereocenters. The molecule has 1 spiro atoms. The Balaban J connectivity index is 1.73. The number of aromatic nitrogens is 2. The lowest BCUT2D eigenvalue weighted by Gasteiger charge is -2.34. The quantitative estimate of drug-likeness (QED) is 0.429. The average molecular weight is 503 g/mol. The number of hydrogen-bond donors (Lipinski definition) is 1. The molecule has 182 valence electrons. The van der Waals surface area contributed by atoms with Gasteiger partial charge < -0.3 is 5.11 Å². The number of benzene rings is 2. The number of carboxylic acids is 1. The van der Waals surface area contributed by atoms with Crippen molar-refractivity contribution < 1.29 is 27.9 Å². The second kappa shape index (κ2) is 8.52. The third-order valence-electron chi connectivity index (χ3n) is 7.26. The second-order valence-corrected chi connectivity index (χ2v) is 9.68. The van der Waals surface area contributed by atoms with Crippen molar-refractivity contribution in [2.75, 3.05) is 0 Å². The van der Waals surface area contributed by atoms with Crippen LogP contribution in [0.1, 0.15) is 76.1 Å². The van der Waals surface area contributed by atoms with E-state index in [-0.39, 0.29) is 16.0 Å². The first-order chi connectivity index (χ1) is 16.6. The van der Waals surface area contributed by atoms with Gasteiger partial charge in [0.05, 0.1) is 33.1 Å². The Labute approximate surface area is 204 Å². The molecule has 2 aliphatic carbocycles. The smallest absolute Gasteiger partial charge is 0.417 e. The number of carbonyl (C=O) groups is 2. The fraction of sp³-hybridized carbons (Fsp3) is 0.346. The number of nitrogens with zero attached hydrogens (tertiary/aromatic N) is 2. The van der Waals surface area contributed by atoms with E-state index in [1.165, 1.54) is 24.3 Å². The van der Waals surface area contributed by atoms with Crippen LogP contribution in [0.5, 0.6) is 0 Å². The monoisotopic (exact) mass is 502 g/mol. The van der Waals surface area contributed by atoms with E-state index in [1.54, 1.807) is 12.1 Å². The predicted molar refractivity (Wildman–Crippen MR) is 124 cm³/mol.